The van der Waals surface area contributed by atoms with Gasteiger partial charge in [0.2, 0.25) is 5.91 Å². The quantitative estimate of drug-likeness (QED) is 0.848. The number of aliphatic carboxylic acids is 1. The molecule has 0 spiro atoms. The van der Waals surface area contributed by atoms with E-state index in [9.17, 15) is 18.8 Å². The van der Waals surface area contributed by atoms with Gasteiger partial charge in [0.15, 0.2) is 0 Å². The van der Waals surface area contributed by atoms with Crippen LogP contribution in [0.2, 0.25) is 0 Å². The standard InChI is InChI=1S/C16H17FN2O4/c17-11-1-3-12(4-2-11)19-14(20)9-13(15(19)21)18-7-5-10(6-8-18)16(22)23/h1-4,10,13H,5-9H2,(H,22,23). The van der Waals surface area contributed by atoms with Gasteiger partial charge in [0, 0.05) is 0 Å². The summed E-state index contributed by atoms with van der Waals surface area (Å²) in [4.78, 5) is 38.7. The van der Waals surface area contributed by atoms with Gasteiger partial charge in [-0.2, -0.15) is 0 Å². The number of benzene rings is 1. The maximum absolute atomic E-state index is 13.0. The Bertz CT molecular complexity index is 638. The molecule has 0 aromatic heterocycles. The van der Waals surface area contributed by atoms with E-state index in [4.69, 9.17) is 5.11 Å². The number of imide groups is 1. The molecule has 2 saturated heterocycles. The van der Waals surface area contributed by atoms with Crippen LogP contribution >= 0.6 is 0 Å². The highest BCUT2D eigenvalue weighted by Gasteiger charge is 2.43. The van der Waals surface area contributed by atoms with Crippen molar-refractivity contribution in [1.82, 2.24) is 4.90 Å². The molecular formula is C16H17FN2O4. The van der Waals surface area contributed by atoms with Crippen LogP contribution in [0.25, 0.3) is 0 Å². The lowest BCUT2D eigenvalue weighted by atomic mass is 9.96. The van der Waals surface area contributed by atoms with Crippen LogP contribution in [0.3, 0.4) is 0 Å². The molecule has 1 aromatic carbocycles. The summed E-state index contributed by atoms with van der Waals surface area (Å²) in [6.07, 6.45) is 1.03. The summed E-state index contributed by atoms with van der Waals surface area (Å²) in [5.41, 5.74) is 0.365. The molecule has 2 fully saturated rings. The Balaban J connectivity index is 1.72. The van der Waals surface area contributed by atoms with Crippen LogP contribution in [0.4, 0.5) is 10.1 Å². The molecule has 2 aliphatic rings. The van der Waals surface area contributed by atoms with Crippen molar-refractivity contribution in [3.05, 3.63) is 30.1 Å². The minimum absolute atomic E-state index is 0.0773. The van der Waals surface area contributed by atoms with Crippen molar-refractivity contribution in [3.8, 4) is 0 Å². The molecule has 2 heterocycles. The summed E-state index contributed by atoms with van der Waals surface area (Å²) < 4.78 is 13.0. The average molecular weight is 320 g/mol. The van der Waals surface area contributed by atoms with E-state index in [1.165, 1.54) is 24.3 Å². The summed E-state index contributed by atoms with van der Waals surface area (Å²) in [7, 11) is 0. The molecule has 2 aliphatic heterocycles. The Kier molecular flexibility index (Phi) is 4.12. The Morgan fingerprint density at radius 1 is 1.13 bits per heavy atom. The molecule has 1 aromatic rings. The van der Waals surface area contributed by atoms with Gasteiger partial charge in [0.1, 0.15) is 5.82 Å². The van der Waals surface area contributed by atoms with E-state index in [0.717, 1.165) is 4.90 Å². The molecule has 0 radical (unpaired) electrons. The second-order valence-corrected chi connectivity index (χ2v) is 5.91. The predicted molar refractivity (Wildman–Crippen MR) is 79.2 cm³/mol. The molecular weight excluding hydrogens is 303 g/mol. The van der Waals surface area contributed by atoms with E-state index in [2.05, 4.69) is 0 Å². The van der Waals surface area contributed by atoms with Crippen LogP contribution in [0.5, 0.6) is 0 Å². The minimum Gasteiger partial charge on any atom is -0.481 e. The number of carboxylic acids is 1. The van der Waals surface area contributed by atoms with Gasteiger partial charge in [-0.15, -0.1) is 0 Å². The number of anilines is 1. The van der Waals surface area contributed by atoms with E-state index in [0.29, 0.717) is 31.6 Å². The summed E-state index contributed by atoms with van der Waals surface area (Å²) in [5, 5.41) is 9.02. The number of carboxylic acid groups (broad SMARTS) is 1. The SMILES string of the molecule is O=C(O)C1CCN(C2CC(=O)N(c3ccc(F)cc3)C2=O)CC1. The van der Waals surface area contributed by atoms with Crippen LogP contribution in [0.15, 0.2) is 24.3 Å². The molecule has 23 heavy (non-hydrogen) atoms. The summed E-state index contributed by atoms with van der Waals surface area (Å²) in [6.45, 7) is 0.968. The first kappa shape index (κ1) is 15.6. The molecule has 2 amide bonds. The van der Waals surface area contributed by atoms with Crippen LogP contribution in [0, 0.1) is 11.7 Å². The second kappa shape index (κ2) is 6.08. The number of nitrogens with zero attached hydrogens (tertiary/aromatic N) is 2. The van der Waals surface area contributed by atoms with Gasteiger partial charge >= 0.3 is 5.97 Å². The normalized spacial score (nSPS) is 23.5. The van der Waals surface area contributed by atoms with Gasteiger partial charge in [0.05, 0.1) is 24.1 Å². The third kappa shape index (κ3) is 2.96. The molecule has 3 rings (SSSR count). The van der Waals surface area contributed by atoms with Gasteiger partial charge in [-0.05, 0) is 50.2 Å². The second-order valence-electron chi connectivity index (χ2n) is 5.91. The molecule has 0 aliphatic carbocycles. The van der Waals surface area contributed by atoms with Gasteiger partial charge < -0.3 is 5.11 Å². The first-order chi connectivity index (χ1) is 11.0. The number of rotatable bonds is 3. The fraction of sp³-hybridized carbons (Fsp3) is 0.438. The zero-order valence-corrected chi connectivity index (χ0v) is 12.4. The lowest BCUT2D eigenvalue weighted by Crippen LogP contribution is -2.46. The zero-order chi connectivity index (χ0) is 16.6. The van der Waals surface area contributed by atoms with E-state index >= 15 is 0 Å². The number of carbonyl (C=O) groups excluding carboxylic acids is 2. The number of halogens is 1. The number of hydrogen-bond donors (Lipinski definition) is 1. The van der Waals surface area contributed by atoms with Crippen molar-refractivity contribution in [1.29, 1.82) is 0 Å². The van der Waals surface area contributed by atoms with Crippen molar-refractivity contribution in [2.45, 2.75) is 25.3 Å². The molecule has 122 valence electrons. The number of hydrogen-bond acceptors (Lipinski definition) is 4. The maximum atomic E-state index is 13.0. The fourth-order valence-corrected chi connectivity index (χ4v) is 3.22. The van der Waals surface area contributed by atoms with Gasteiger partial charge in [-0.3, -0.25) is 19.3 Å². The van der Waals surface area contributed by atoms with E-state index in [-0.39, 0.29) is 24.2 Å². The minimum atomic E-state index is -0.814. The Morgan fingerprint density at radius 2 is 1.74 bits per heavy atom. The highest BCUT2D eigenvalue weighted by molar-refractivity contribution is 6.22. The zero-order valence-electron chi connectivity index (χ0n) is 12.4. The summed E-state index contributed by atoms with van der Waals surface area (Å²) in [5.74, 6) is -2.26. The maximum Gasteiger partial charge on any atom is 0.306 e. The Morgan fingerprint density at radius 3 is 2.30 bits per heavy atom. The molecule has 1 N–H and O–H groups in total. The van der Waals surface area contributed by atoms with Crippen LogP contribution in [-0.2, 0) is 14.4 Å². The fourth-order valence-electron chi connectivity index (χ4n) is 3.22. The van der Waals surface area contributed by atoms with Crippen molar-refractivity contribution in [2.75, 3.05) is 18.0 Å². The topological polar surface area (TPSA) is 77.9 Å². The monoisotopic (exact) mass is 320 g/mol. The number of amides is 2. The molecule has 1 atom stereocenters. The van der Waals surface area contributed by atoms with Crippen LogP contribution in [0.1, 0.15) is 19.3 Å². The van der Waals surface area contributed by atoms with Crippen LogP contribution in [-0.4, -0.2) is 46.9 Å². The van der Waals surface area contributed by atoms with Crippen LogP contribution < -0.4 is 4.90 Å². The number of likely N-dealkylation sites (tertiary alicyclic amines) is 1. The average Bonchev–Trinajstić information content (AvgIpc) is 2.83. The summed E-state index contributed by atoms with van der Waals surface area (Å²) in [6, 6.07) is 4.68. The summed E-state index contributed by atoms with van der Waals surface area (Å²) >= 11 is 0. The van der Waals surface area contributed by atoms with Crippen molar-refractivity contribution in [2.24, 2.45) is 5.92 Å². The predicted octanol–water partition coefficient (Wildman–Crippen LogP) is 1.25. The van der Waals surface area contributed by atoms with Crippen molar-refractivity contribution in [3.63, 3.8) is 0 Å². The third-order valence-corrected chi connectivity index (χ3v) is 4.53. The lowest BCUT2D eigenvalue weighted by molar-refractivity contribution is -0.143. The molecule has 7 heteroatoms. The smallest absolute Gasteiger partial charge is 0.306 e. The highest BCUT2D eigenvalue weighted by atomic mass is 19.1. The van der Waals surface area contributed by atoms with E-state index < -0.39 is 17.8 Å². The van der Waals surface area contributed by atoms with Crippen molar-refractivity contribution >= 4 is 23.5 Å². The first-order valence-electron chi connectivity index (χ1n) is 7.56. The van der Waals surface area contributed by atoms with Gasteiger partial charge in [0.25, 0.3) is 5.91 Å². The molecule has 6 nitrogen and oxygen atoms in total. The number of piperidine rings is 1. The molecule has 0 bridgehead atoms. The Hall–Kier alpha value is -2.28. The highest BCUT2D eigenvalue weighted by Crippen LogP contribution is 2.28. The van der Waals surface area contributed by atoms with E-state index in [1.807, 2.05) is 4.90 Å². The Labute approximate surface area is 132 Å². The van der Waals surface area contributed by atoms with Gasteiger partial charge in [-0.1, -0.05) is 0 Å². The van der Waals surface area contributed by atoms with Gasteiger partial charge in [-0.25, -0.2) is 9.29 Å². The first-order valence-corrected chi connectivity index (χ1v) is 7.56. The van der Waals surface area contributed by atoms with Crippen molar-refractivity contribution < 1.29 is 23.9 Å². The lowest BCUT2D eigenvalue weighted by Gasteiger charge is -2.33. The molecule has 0 saturated carbocycles. The largest absolute Gasteiger partial charge is 0.481 e. The number of carbonyl (C=O) groups is 3. The van der Waals surface area contributed by atoms with E-state index in [1.54, 1.807) is 0 Å². The molecule has 1 unspecified atom stereocenters. The third-order valence-electron chi connectivity index (χ3n) is 4.53.